The van der Waals surface area contributed by atoms with Crippen LogP contribution in [-0.2, 0) is 0 Å². The quantitative estimate of drug-likeness (QED) is 0.206. The maximum Gasteiger partial charge on any atom is 0.162 e. The molecule has 0 N–H and O–H groups in total. The number of fused-ring (bicyclic) bond motifs is 6. The van der Waals surface area contributed by atoms with Gasteiger partial charge in [0, 0.05) is 16.3 Å². The molecule has 2 heterocycles. The van der Waals surface area contributed by atoms with Crippen LogP contribution in [0.4, 0.5) is 0 Å². The second-order valence-corrected chi connectivity index (χ2v) is 11.1. The molecule has 0 saturated heterocycles. The molecule has 0 aliphatic carbocycles. The maximum atomic E-state index is 6.57. The van der Waals surface area contributed by atoms with Crippen LogP contribution in [0.5, 0.6) is 0 Å². The van der Waals surface area contributed by atoms with Crippen LogP contribution < -0.4 is 0 Å². The Balaban J connectivity index is 1.46. The fourth-order valence-electron chi connectivity index (χ4n) is 6.79. The molecule has 9 rings (SSSR count). The minimum absolute atomic E-state index is 0.824. The van der Waals surface area contributed by atoms with E-state index in [1.54, 1.807) is 0 Å². The van der Waals surface area contributed by atoms with Crippen molar-refractivity contribution in [3.05, 3.63) is 152 Å². The SMILES string of the molecule is c1ccc(-c2c3ccccc3c(-c3ccccc3)c3cc(-c4c5ccccc5nc5c4oc4ccccc45)ccc23)cc1. The zero-order valence-corrected chi connectivity index (χ0v) is 23.3. The topological polar surface area (TPSA) is 26.0 Å². The summed E-state index contributed by atoms with van der Waals surface area (Å²) in [6.07, 6.45) is 0. The van der Waals surface area contributed by atoms with Crippen molar-refractivity contribution in [3.63, 3.8) is 0 Å². The Hall–Kier alpha value is -5.73. The van der Waals surface area contributed by atoms with Crippen LogP contribution >= 0.6 is 0 Å². The van der Waals surface area contributed by atoms with Crippen LogP contribution in [0.2, 0.25) is 0 Å². The number of rotatable bonds is 3. The monoisotopic (exact) mass is 547 g/mol. The summed E-state index contributed by atoms with van der Waals surface area (Å²) in [5.74, 6) is 0. The van der Waals surface area contributed by atoms with Gasteiger partial charge in [-0.1, -0.05) is 127 Å². The van der Waals surface area contributed by atoms with Crippen LogP contribution in [0.1, 0.15) is 0 Å². The van der Waals surface area contributed by atoms with E-state index in [9.17, 15) is 0 Å². The highest BCUT2D eigenvalue weighted by atomic mass is 16.3. The summed E-state index contributed by atoms with van der Waals surface area (Å²) in [5, 5.41) is 7.05. The van der Waals surface area contributed by atoms with E-state index in [0.29, 0.717) is 0 Å². The Morgan fingerprint density at radius 2 is 0.907 bits per heavy atom. The molecular formula is C41H25NO. The number of pyridine rings is 1. The van der Waals surface area contributed by atoms with Gasteiger partial charge in [0.15, 0.2) is 5.58 Å². The van der Waals surface area contributed by atoms with Crippen molar-refractivity contribution in [1.29, 1.82) is 0 Å². The van der Waals surface area contributed by atoms with E-state index in [2.05, 4.69) is 133 Å². The highest BCUT2D eigenvalue weighted by Gasteiger charge is 2.21. The average Bonchev–Trinajstić information content (AvgIpc) is 3.44. The lowest BCUT2D eigenvalue weighted by atomic mass is 9.84. The molecule has 0 aliphatic rings. The van der Waals surface area contributed by atoms with Crippen molar-refractivity contribution >= 4 is 54.5 Å². The van der Waals surface area contributed by atoms with E-state index in [1.165, 1.54) is 43.8 Å². The number of aromatic nitrogens is 1. The van der Waals surface area contributed by atoms with Gasteiger partial charge in [-0.3, -0.25) is 0 Å². The number of benzene rings is 7. The Kier molecular flexibility index (Phi) is 5.23. The van der Waals surface area contributed by atoms with E-state index in [4.69, 9.17) is 9.40 Å². The molecule has 0 bridgehead atoms. The fourth-order valence-corrected chi connectivity index (χ4v) is 6.79. The van der Waals surface area contributed by atoms with Gasteiger partial charge in [0.05, 0.1) is 5.52 Å². The molecule has 200 valence electrons. The molecule has 0 atom stereocenters. The Morgan fingerprint density at radius 1 is 0.372 bits per heavy atom. The predicted molar refractivity (Wildman–Crippen MR) is 180 cm³/mol. The summed E-state index contributed by atoms with van der Waals surface area (Å²) >= 11 is 0. The molecule has 0 aliphatic heterocycles. The Labute approximate surface area is 248 Å². The smallest absolute Gasteiger partial charge is 0.162 e. The number of hydrogen-bond donors (Lipinski definition) is 0. The third-order valence-electron chi connectivity index (χ3n) is 8.64. The molecule has 0 fully saturated rings. The molecule has 43 heavy (non-hydrogen) atoms. The zero-order valence-electron chi connectivity index (χ0n) is 23.3. The van der Waals surface area contributed by atoms with Crippen molar-refractivity contribution in [2.45, 2.75) is 0 Å². The van der Waals surface area contributed by atoms with Gasteiger partial charge in [-0.05, 0) is 73.6 Å². The number of hydrogen-bond acceptors (Lipinski definition) is 2. The minimum Gasteiger partial charge on any atom is -0.454 e. The second-order valence-electron chi connectivity index (χ2n) is 11.1. The number of para-hydroxylation sites is 2. The molecule has 2 aromatic heterocycles. The van der Waals surface area contributed by atoms with E-state index in [-0.39, 0.29) is 0 Å². The first-order valence-electron chi connectivity index (χ1n) is 14.6. The second kappa shape index (κ2) is 9.40. The minimum atomic E-state index is 0.824. The van der Waals surface area contributed by atoms with Crippen LogP contribution in [0.3, 0.4) is 0 Å². The lowest BCUT2D eigenvalue weighted by Gasteiger charge is -2.19. The largest absolute Gasteiger partial charge is 0.454 e. The third-order valence-corrected chi connectivity index (χ3v) is 8.64. The molecular weight excluding hydrogens is 522 g/mol. The first-order chi connectivity index (χ1) is 21.3. The highest BCUT2D eigenvalue weighted by molar-refractivity contribution is 6.23. The summed E-state index contributed by atoms with van der Waals surface area (Å²) in [5.41, 5.74) is 10.6. The van der Waals surface area contributed by atoms with Crippen molar-refractivity contribution in [3.8, 4) is 33.4 Å². The van der Waals surface area contributed by atoms with Crippen molar-refractivity contribution in [2.24, 2.45) is 0 Å². The normalized spacial score (nSPS) is 11.7. The molecule has 0 radical (unpaired) electrons. The lowest BCUT2D eigenvalue weighted by molar-refractivity contribution is 0.670. The molecule has 0 unspecified atom stereocenters. The Bertz CT molecular complexity index is 2490. The van der Waals surface area contributed by atoms with Crippen molar-refractivity contribution in [2.75, 3.05) is 0 Å². The van der Waals surface area contributed by atoms with Gasteiger partial charge in [0.1, 0.15) is 11.1 Å². The van der Waals surface area contributed by atoms with Gasteiger partial charge < -0.3 is 4.42 Å². The predicted octanol–water partition coefficient (Wildman–Crippen LogP) is 11.4. The van der Waals surface area contributed by atoms with Crippen LogP contribution in [0.15, 0.2) is 156 Å². The molecule has 7 aromatic carbocycles. The van der Waals surface area contributed by atoms with Gasteiger partial charge in [0.2, 0.25) is 0 Å². The summed E-state index contributed by atoms with van der Waals surface area (Å²) in [4.78, 5) is 5.08. The van der Waals surface area contributed by atoms with Gasteiger partial charge in [-0.2, -0.15) is 0 Å². The first-order valence-corrected chi connectivity index (χ1v) is 14.6. The first kappa shape index (κ1) is 23.9. The van der Waals surface area contributed by atoms with E-state index in [0.717, 1.165) is 44.1 Å². The number of nitrogens with zero attached hydrogens (tertiary/aromatic N) is 1. The van der Waals surface area contributed by atoms with Crippen LogP contribution in [0.25, 0.3) is 87.9 Å². The standard InChI is InChI=1S/C41H25NO/c1-3-13-26(14-4-1)37-29-17-7-8-18-30(29)38(27-15-5-2-6-16-27)34-25-28(23-24-31(34)37)39-32-19-9-11-21-35(32)42-40-33-20-10-12-22-36(33)43-41(39)40/h1-25H. The molecule has 2 heteroatoms. The zero-order chi connectivity index (χ0) is 28.3. The third kappa shape index (κ3) is 3.63. The van der Waals surface area contributed by atoms with Crippen LogP contribution in [-0.4, -0.2) is 4.98 Å². The van der Waals surface area contributed by atoms with E-state index >= 15 is 0 Å². The summed E-state index contributed by atoms with van der Waals surface area (Å²) in [6, 6.07) is 53.8. The van der Waals surface area contributed by atoms with Crippen LogP contribution in [0, 0.1) is 0 Å². The summed E-state index contributed by atoms with van der Waals surface area (Å²) in [6.45, 7) is 0. The van der Waals surface area contributed by atoms with Gasteiger partial charge in [0.25, 0.3) is 0 Å². The summed E-state index contributed by atoms with van der Waals surface area (Å²) < 4.78 is 6.57. The molecule has 2 nitrogen and oxygen atoms in total. The molecule has 0 amide bonds. The lowest BCUT2D eigenvalue weighted by Crippen LogP contribution is -1.92. The van der Waals surface area contributed by atoms with Gasteiger partial charge >= 0.3 is 0 Å². The van der Waals surface area contributed by atoms with Gasteiger partial charge in [-0.15, -0.1) is 0 Å². The number of furan rings is 1. The fraction of sp³-hybridized carbons (Fsp3) is 0. The maximum absolute atomic E-state index is 6.57. The average molecular weight is 548 g/mol. The molecule has 0 saturated carbocycles. The van der Waals surface area contributed by atoms with Crippen molar-refractivity contribution in [1.82, 2.24) is 4.98 Å². The Morgan fingerprint density at radius 3 is 1.60 bits per heavy atom. The molecule has 9 aromatic rings. The van der Waals surface area contributed by atoms with E-state index in [1.807, 2.05) is 18.2 Å². The van der Waals surface area contributed by atoms with Crippen molar-refractivity contribution < 1.29 is 4.42 Å². The van der Waals surface area contributed by atoms with Gasteiger partial charge in [-0.25, -0.2) is 4.98 Å². The van der Waals surface area contributed by atoms with E-state index < -0.39 is 0 Å². The highest BCUT2D eigenvalue weighted by Crippen LogP contribution is 2.46. The summed E-state index contributed by atoms with van der Waals surface area (Å²) in [7, 11) is 0. The molecule has 0 spiro atoms.